The van der Waals surface area contributed by atoms with E-state index in [-0.39, 0.29) is 12.4 Å². The van der Waals surface area contributed by atoms with E-state index in [4.69, 9.17) is 5.73 Å². The first-order valence-electron chi connectivity index (χ1n) is 5.59. The quantitative estimate of drug-likeness (QED) is 0.840. The molecule has 2 heteroatoms. The second-order valence-electron chi connectivity index (χ2n) is 4.57. The molecular formula is C13H20ClN. The molecule has 0 radical (unpaired) electrons. The van der Waals surface area contributed by atoms with Gasteiger partial charge >= 0.3 is 0 Å². The third-order valence-corrected chi connectivity index (χ3v) is 3.52. The molecule has 1 aromatic carbocycles. The highest BCUT2D eigenvalue weighted by Crippen LogP contribution is 2.39. The van der Waals surface area contributed by atoms with E-state index in [0.717, 1.165) is 6.54 Å². The Bertz CT molecular complexity index is 278. The molecule has 0 bridgehead atoms. The van der Waals surface area contributed by atoms with Gasteiger partial charge in [-0.2, -0.15) is 0 Å². The fraction of sp³-hybridized carbons (Fsp3) is 0.538. The number of rotatable bonds is 3. The third-order valence-electron chi connectivity index (χ3n) is 3.52. The van der Waals surface area contributed by atoms with Crippen LogP contribution in [0.5, 0.6) is 0 Å². The van der Waals surface area contributed by atoms with Crippen molar-refractivity contribution in [3.8, 4) is 0 Å². The van der Waals surface area contributed by atoms with E-state index in [0.29, 0.717) is 5.41 Å². The van der Waals surface area contributed by atoms with Crippen molar-refractivity contribution < 1.29 is 0 Å². The van der Waals surface area contributed by atoms with Crippen LogP contribution in [0.1, 0.15) is 31.2 Å². The molecule has 84 valence electrons. The Balaban J connectivity index is 0.00000112. The van der Waals surface area contributed by atoms with Crippen LogP contribution in [0.15, 0.2) is 30.3 Å². The summed E-state index contributed by atoms with van der Waals surface area (Å²) in [7, 11) is 0. The van der Waals surface area contributed by atoms with Crippen molar-refractivity contribution in [2.24, 2.45) is 11.1 Å². The molecule has 2 rings (SSSR count). The van der Waals surface area contributed by atoms with Gasteiger partial charge in [-0.05, 0) is 36.8 Å². The van der Waals surface area contributed by atoms with Gasteiger partial charge in [0.15, 0.2) is 0 Å². The molecule has 0 aliphatic heterocycles. The molecule has 1 aromatic rings. The number of benzene rings is 1. The maximum absolute atomic E-state index is 5.92. The topological polar surface area (TPSA) is 26.0 Å². The molecule has 0 atom stereocenters. The van der Waals surface area contributed by atoms with E-state index in [1.807, 2.05) is 0 Å². The van der Waals surface area contributed by atoms with Crippen LogP contribution < -0.4 is 5.73 Å². The fourth-order valence-corrected chi connectivity index (χ4v) is 2.61. The number of hydrogen-bond donors (Lipinski definition) is 1. The normalized spacial score (nSPS) is 18.5. The number of nitrogens with two attached hydrogens (primary N) is 1. The lowest BCUT2D eigenvalue weighted by molar-refractivity contribution is 0.306. The van der Waals surface area contributed by atoms with Gasteiger partial charge in [0.05, 0.1) is 0 Å². The van der Waals surface area contributed by atoms with Crippen LogP contribution in [0, 0.1) is 5.41 Å². The van der Waals surface area contributed by atoms with E-state index in [2.05, 4.69) is 30.3 Å². The van der Waals surface area contributed by atoms with Crippen LogP contribution >= 0.6 is 12.4 Å². The van der Waals surface area contributed by atoms with Crippen molar-refractivity contribution in [1.29, 1.82) is 0 Å². The Morgan fingerprint density at radius 3 is 2.20 bits per heavy atom. The Hall–Kier alpha value is -0.530. The highest BCUT2D eigenvalue weighted by molar-refractivity contribution is 5.85. The monoisotopic (exact) mass is 225 g/mol. The van der Waals surface area contributed by atoms with Crippen molar-refractivity contribution in [3.05, 3.63) is 35.9 Å². The van der Waals surface area contributed by atoms with Crippen molar-refractivity contribution in [1.82, 2.24) is 0 Å². The summed E-state index contributed by atoms with van der Waals surface area (Å²) in [5.74, 6) is 0. The van der Waals surface area contributed by atoms with Crippen LogP contribution in [-0.4, -0.2) is 6.54 Å². The molecule has 15 heavy (non-hydrogen) atoms. The van der Waals surface area contributed by atoms with Crippen LogP contribution in [0.2, 0.25) is 0 Å². The first-order valence-corrected chi connectivity index (χ1v) is 5.59. The zero-order chi connectivity index (χ0) is 9.86. The SMILES string of the molecule is Cl.NCC1(Cc2ccccc2)CCCC1. The predicted octanol–water partition coefficient (Wildman–Crippen LogP) is 3.17. The standard InChI is InChI=1S/C13H19N.ClH/c14-11-13(8-4-5-9-13)10-12-6-2-1-3-7-12;/h1-3,6-7H,4-5,8-11,14H2;1H. The Labute approximate surface area is 98.5 Å². The molecule has 0 amide bonds. The van der Waals surface area contributed by atoms with Crippen molar-refractivity contribution in [2.45, 2.75) is 32.1 Å². The Morgan fingerprint density at radius 2 is 1.67 bits per heavy atom. The Kier molecular flexibility index (Phi) is 4.62. The molecule has 1 nitrogen and oxygen atoms in total. The molecule has 0 saturated heterocycles. The van der Waals surface area contributed by atoms with E-state index < -0.39 is 0 Å². The molecule has 0 spiro atoms. The van der Waals surface area contributed by atoms with Gasteiger partial charge in [0.2, 0.25) is 0 Å². The number of hydrogen-bond acceptors (Lipinski definition) is 1. The second-order valence-corrected chi connectivity index (χ2v) is 4.57. The van der Waals surface area contributed by atoms with Crippen molar-refractivity contribution in [2.75, 3.05) is 6.54 Å². The van der Waals surface area contributed by atoms with Gasteiger partial charge in [0, 0.05) is 0 Å². The highest BCUT2D eigenvalue weighted by atomic mass is 35.5. The molecule has 1 aliphatic carbocycles. The van der Waals surface area contributed by atoms with Gasteiger partial charge in [0.1, 0.15) is 0 Å². The van der Waals surface area contributed by atoms with Crippen LogP contribution in [0.3, 0.4) is 0 Å². The minimum Gasteiger partial charge on any atom is -0.330 e. The second kappa shape index (κ2) is 5.53. The van der Waals surface area contributed by atoms with Crippen molar-refractivity contribution >= 4 is 12.4 Å². The van der Waals surface area contributed by atoms with Crippen molar-refractivity contribution in [3.63, 3.8) is 0 Å². The van der Waals surface area contributed by atoms with Gasteiger partial charge < -0.3 is 5.73 Å². The molecule has 0 aromatic heterocycles. The van der Waals surface area contributed by atoms with Gasteiger partial charge in [-0.15, -0.1) is 12.4 Å². The predicted molar refractivity (Wildman–Crippen MR) is 67.3 cm³/mol. The van der Waals surface area contributed by atoms with E-state index in [1.54, 1.807) is 0 Å². The smallest absolute Gasteiger partial charge is 0.00173 e. The minimum absolute atomic E-state index is 0. The van der Waals surface area contributed by atoms with E-state index in [1.165, 1.54) is 37.7 Å². The van der Waals surface area contributed by atoms with Gasteiger partial charge in [-0.1, -0.05) is 43.2 Å². The molecule has 1 aliphatic rings. The summed E-state index contributed by atoms with van der Waals surface area (Å²) >= 11 is 0. The summed E-state index contributed by atoms with van der Waals surface area (Å²) in [4.78, 5) is 0. The summed E-state index contributed by atoms with van der Waals surface area (Å²) in [6.45, 7) is 0.849. The summed E-state index contributed by atoms with van der Waals surface area (Å²) in [6, 6.07) is 10.8. The summed E-state index contributed by atoms with van der Waals surface area (Å²) < 4.78 is 0. The molecule has 2 N–H and O–H groups in total. The highest BCUT2D eigenvalue weighted by Gasteiger charge is 2.32. The van der Waals surface area contributed by atoms with Gasteiger partial charge in [-0.25, -0.2) is 0 Å². The summed E-state index contributed by atoms with van der Waals surface area (Å²) in [5.41, 5.74) is 7.78. The maximum atomic E-state index is 5.92. The maximum Gasteiger partial charge on any atom is -0.00173 e. The minimum atomic E-state index is 0. The van der Waals surface area contributed by atoms with Crippen LogP contribution in [0.25, 0.3) is 0 Å². The summed E-state index contributed by atoms with van der Waals surface area (Å²) in [6.07, 6.45) is 6.54. The zero-order valence-corrected chi connectivity index (χ0v) is 9.93. The lowest BCUT2D eigenvalue weighted by atomic mass is 9.80. The largest absolute Gasteiger partial charge is 0.330 e. The lowest BCUT2D eigenvalue weighted by Crippen LogP contribution is -2.29. The average Bonchev–Trinajstić information content (AvgIpc) is 2.69. The number of halogens is 1. The summed E-state index contributed by atoms with van der Waals surface area (Å²) in [5, 5.41) is 0. The third kappa shape index (κ3) is 2.96. The van der Waals surface area contributed by atoms with Gasteiger partial charge in [0.25, 0.3) is 0 Å². The first-order chi connectivity index (χ1) is 6.85. The molecule has 0 unspecified atom stereocenters. The first kappa shape index (κ1) is 12.5. The molecule has 0 heterocycles. The average molecular weight is 226 g/mol. The van der Waals surface area contributed by atoms with Crippen LogP contribution in [0.4, 0.5) is 0 Å². The fourth-order valence-electron chi connectivity index (χ4n) is 2.61. The molecule has 1 fully saturated rings. The molecule has 1 saturated carbocycles. The zero-order valence-electron chi connectivity index (χ0n) is 9.11. The van der Waals surface area contributed by atoms with E-state index in [9.17, 15) is 0 Å². The van der Waals surface area contributed by atoms with Crippen LogP contribution in [-0.2, 0) is 6.42 Å². The van der Waals surface area contributed by atoms with E-state index >= 15 is 0 Å². The van der Waals surface area contributed by atoms with Gasteiger partial charge in [-0.3, -0.25) is 0 Å². The lowest BCUT2D eigenvalue weighted by Gasteiger charge is -2.27. The molecular weight excluding hydrogens is 206 g/mol. The Morgan fingerprint density at radius 1 is 1.07 bits per heavy atom.